The summed E-state index contributed by atoms with van der Waals surface area (Å²) in [4.78, 5) is 31.4. The number of nitrogens with zero attached hydrogens (tertiary/aromatic N) is 2. The van der Waals surface area contributed by atoms with Crippen LogP contribution in [0.1, 0.15) is 68.1 Å². The summed E-state index contributed by atoms with van der Waals surface area (Å²) in [7, 11) is 0. The van der Waals surface area contributed by atoms with Crippen LogP contribution < -0.4 is 11.4 Å². The van der Waals surface area contributed by atoms with E-state index in [1.54, 1.807) is 30.6 Å². The summed E-state index contributed by atoms with van der Waals surface area (Å²) in [5, 5.41) is 1.41. The van der Waals surface area contributed by atoms with Crippen molar-refractivity contribution in [2.45, 2.75) is 58.9 Å². The molecule has 1 fully saturated rings. The highest BCUT2D eigenvalue weighted by molar-refractivity contribution is 5.95. The van der Waals surface area contributed by atoms with Crippen LogP contribution in [0.2, 0.25) is 0 Å². The molecule has 3 rings (SSSR count). The molecule has 1 amide bonds. The van der Waals surface area contributed by atoms with Crippen LogP contribution >= 0.6 is 0 Å². The van der Waals surface area contributed by atoms with Crippen LogP contribution in [0.3, 0.4) is 0 Å². The molecule has 0 unspecified atom stereocenters. The number of H-pyrrole nitrogens is 1. The van der Waals surface area contributed by atoms with Crippen LogP contribution in [0, 0.1) is 11.3 Å². The van der Waals surface area contributed by atoms with Gasteiger partial charge in [-0.1, -0.05) is 26.8 Å². The number of aromatic nitrogens is 2. The number of carbonyl (C=O) groups excluding carboxylic acids is 1. The van der Waals surface area contributed by atoms with Gasteiger partial charge in [-0.3, -0.25) is 19.6 Å². The highest BCUT2D eigenvalue weighted by Crippen LogP contribution is 2.38. The van der Waals surface area contributed by atoms with Gasteiger partial charge in [0.2, 0.25) is 5.56 Å². The molecule has 0 aromatic carbocycles. The van der Waals surface area contributed by atoms with Crippen molar-refractivity contribution in [3.05, 3.63) is 63.8 Å². The Morgan fingerprint density at radius 3 is 2.54 bits per heavy atom. The monoisotopic (exact) mass is 382 g/mol. The van der Waals surface area contributed by atoms with Crippen LogP contribution in [0.5, 0.6) is 0 Å². The van der Waals surface area contributed by atoms with Crippen molar-refractivity contribution < 1.29 is 4.79 Å². The van der Waals surface area contributed by atoms with E-state index in [9.17, 15) is 9.59 Å². The second kappa shape index (κ2) is 8.27. The molecule has 2 aromatic rings. The van der Waals surface area contributed by atoms with E-state index in [1.165, 1.54) is 11.1 Å². The first kappa shape index (κ1) is 20.3. The van der Waals surface area contributed by atoms with Crippen molar-refractivity contribution in [3.8, 4) is 0 Å². The van der Waals surface area contributed by atoms with Crippen LogP contribution in [0.25, 0.3) is 0 Å². The Balaban J connectivity index is 1.72. The van der Waals surface area contributed by atoms with Crippen molar-refractivity contribution in [2.24, 2.45) is 17.2 Å². The molecule has 6 heteroatoms. The van der Waals surface area contributed by atoms with E-state index in [-0.39, 0.29) is 17.5 Å². The lowest BCUT2D eigenvalue weighted by molar-refractivity contribution is 0.0551. The SMILES string of the molecule is CC(C)(C)C1CCC(N(N)C(=O)c2cccnc2Cc2ccc(=O)[nH]c2)CC1. The van der Waals surface area contributed by atoms with E-state index in [4.69, 9.17) is 5.84 Å². The maximum atomic E-state index is 13.1. The average molecular weight is 383 g/mol. The highest BCUT2D eigenvalue weighted by atomic mass is 16.2. The molecule has 2 aromatic heterocycles. The lowest BCUT2D eigenvalue weighted by Gasteiger charge is -2.39. The number of aromatic amines is 1. The number of nitrogens with one attached hydrogen (secondary N) is 1. The Hall–Kier alpha value is -2.47. The molecule has 2 heterocycles. The van der Waals surface area contributed by atoms with Crippen LogP contribution in [-0.4, -0.2) is 26.9 Å². The number of hydrogen-bond donors (Lipinski definition) is 2. The summed E-state index contributed by atoms with van der Waals surface area (Å²) in [5.41, 5.74) is 2.22. The minimum atomic E-state index is -0.188. The van der Waals surface area contributed by atoms with Crippen molar-refractivity contribution in [2.75, 3.05) is 0 Å². The predicted molar refractivity (Wildman–Crippen MR) is 110 cm³/mol. The number of carbonyl (C=O) groups is 1. The Morgan fingerprint density at radius 1 is 1.21 bits per heavy atom. The van der Waals surface area contributed by atoms with E-state index in [0.717, 1.165) is 31.2 Å². The first-order chi connectivity index (χ1) is 13.3. The van der Waals surface area contributed by atoms with Crippen LogP contribution in [0.15, 0.2) is 41.5 Å². The number of hydrogen-bond acceptors (Lipinski definition) is 4. The lowest BCUT2D eigenvalue weighted by atomic mass is 9.71. The maximum Gasteiger partial charge on any atom is 0.269 e. The van der Waals surface area contributed by atoms with Gasteiger partial charge in [-0.05, 0) is 54.7 Å². The average Bonchev–Trinajstić information content (AvgIpc) is 2.68. The van der Waals surface area contributed by atoms with E-state index < -0.39 is 0 Å². The molecule has 1 aliphatic carbocycles. The van der Waals surface area contributed by atoms with Gasteiger partial charge in [-0.25, -0.2) is 5.84 Å². The highest BCUT2D eigenvalue weighted by Gasteiger charge is 2.33. The number of rotatable bonds is 4. The third-order valence-corrected chi connectivity index (χ3v) is 5.89. The third kappa shape index (κ3) is 4.68. The fraction of sp³-hybridized carbons (Fsp3) is 0.500. The summed E-state index contributed by atoms with van der Waals surface area (Å²) in [6.07, 6.45) is 7.83. The molecule has 1 saturated carbocycles. The fourth-order valence-corrected chi connectivity index (χ4v) is 4.04. The molecule has 1 aliphatic rings. The number of hydrazine groups is 1. The van der Waals surface area contributed by atoms with Gasteiger partial charge < -0.3 is 4.98 Å². The second-order valence-electron chi connectivity index (χ2n) is 8.82. The molecule has 0 saturated heterocycles. The summed E-state index contributed by atoms with van der Waals surface area (Å²) in [6, 6.07) is 6.82. The zero-order chi connectivity index (χ0) is 20.3. The Kier molecular flexibility index (Phi) is 5.98. The van der Waals surface area contributed by atoms with Gasteiger partial charge >= 0.3 is 0 Å². The fourth-order valence-electron chi connectivity index (χ4n) is 4.04. The first-order valence-electron chi connectivity index (χ1n) is 9.95. The second-order valence-corrected chi connectivity index (χ2v) is 8.82. The topological polar surface area (TPSA) is 92.1 Å². The molecule has 28 heavy (non-hydrogen) atoms. The summed E-state index contributed by atoms with van der Waals surface area (Å²) in [5.74, 6) is 6.75. The summed E-state index contributed by atoms with van der Waals surface area (Å²) >= 11 is 0. The van der Waals surface area contributed by atoms with Crippen LogP contribution in [0.4, 0.5) is 0 Å². The summed E-state index contributed by atoms with van der Waals surface area (Å²) < 4.78 is 0. The zero-order valence-corrected chi connectivity index (χ0v) is 16.9. The van der Waals surface area contributed by atoms with Crippen LogP contribution in [-0.2, 0) is 6.42 Å². The Labute approximate surface area is 166 Å². The number of nitrogens with two attached hydrogens (primary N) is 1. The minimum absolute atomic E-state index is 0.0623. The standard InChI is InChI=1S/C22H30N4O2/c1-22(2,3)16-7-9-17(10-8-16)26(23)21(28)18-5-4-12-24-19(18)13-15-6-11-20(27)25-14-15/h4-6,11-12,14,16-17H,7-10,13,23H2,1-3H3,(H,25,27). The molecule has 3 N–H and O–H groups in total. The number of pyridine rings is 2. The van der Waals surface area contributed by atoms with Gasteiger partial charge in [0.15, 0.2) is 0 Å². The van der Waals surface area contributed by atoms with Gasteiger partial charge in [0, 0.05) is 30.9 Å². The van der Waals surface area contributed by atoms with E-state index in [1.807, 2.05) is 0 Å². The van der Waals surface area contributed by atoms with Gasteiger partial charge in [-0.15, -0.1) is 0 Å². The molecular weight excluding hydrogens is 352 g/mol. The van der Waals surface area contributed by atoms with E-state index in [0.29, 0.717) is 29.0 Å². The van der Waals surface area contributed by atoms with Gasteiger partial charge in [0.1, 0.15) is 0 Å². The van der Waals surface area contributed by atoms with Crippen molar-refractivity contribution in [1.29, 1.82) is 0 Å². The van der Waals surface area contributed by atoms with Crippen molar-refractivity contribution in [1.82, 2.24) is 15.0 Å². The normalized spacial score (nSPS) is 20.0. The minimum Gasteiger partial charge on any atom is -0.329 e. The summed E-state index contributed by atoms with van der Waals surface area (Å²) in [6.45, 7) is 6.84. The lowest BCUT2D eigenvalue weighted by Crippen LogP contribution is -2.48. The van der Waals surface area contributed by atoms with Crippen molar-refractivity contribution in [3.63, 3.8) is 0 Å². The Morgan fingerprint density at radius 2 is 1.93 bits per heavy atom. The molecule has 0 atom stereocenters. The smallest absolute Gasteiger partial charge is 0.269 e. The molecule has 150 valence electrons. The molecule has 0 radical (unpaired) electrons. The largest absolute Gasteiger partial charge is 0.329 e. The molecule has 0 bridgehead atoms. The first-order valence-corrected chi connectivity index (χ1v) is 9.95. The number of amides is 1. The van der Waals surface area contributed by atoms with E-state index in [2.05, 4.69) is 30.7 Å². The van der Waals surface area contributed by atoms with Crippen molar-refractivity contribution >= 4 is 5.91 Å². The van der Waals surface area contributed by atoms with Gasteiger partial charge in [-0.2, -0.15) is 0 Å². The van der Waals surface area contributed by atoms with Gasteiger partial charge in [0.05, 0.1) is 11.3 Å². The molecule has 0 spiro atoms. The molecular formula is C22H30N4O2. The van der Waals surface area contributed by atoms with E-state index >= 15 is 0 Å². The zero-order valence-electron chi connectivity index (χ0n) is 16.9. The van der Waals surface area contributed by atoms with Gasteiger partial charge in [0.25, 0.3) is 5.91 Å². The Bertz CT molecular complexity index is 856. The maximum absolute atomic E-state index is 13.1. The molecule has 0 aliphatic heterocycles. The predicted octanol–water partition coefficient (Wildman–Crippen LogP) is 3.28. The third-order valence-electron chi connectivity index (χ3n) is 5.89. The molecule has 6 nitrogen and oxygen atoms in total. The quantitative estimate of drug-likeness (QED) is 0.482.